The summed E-state index contributed by atoms with van der Waals surface area (Å²) < 4.78 is 4.63. The molecule has 0 aliphatic heterocycles. The summed E-state index contributed by atoms with van der Waals surface area (Å²) >= 11 is 0. The number of carbonyl (C=O) groups excluding carboxylic acids is 1. The van der Waals surface area contributed by atoms with Gasteiger partial charge < -0.3 is 9.84 Å². The maximum Gasteiger partial charge on any atom is 0.333 e. The van der Waals surface area contributed by atoms with Crippen LogP contribution in [0, 0.1) is 5.92 Å². The summed E-state index contributed by atoms with van der Waals surface area (Å²) in [5, 5.41) is 7.42. The van der Waals surface area contributed by atoms with Crippen LogP contribution in [0.1, 0.15) is 39.0 Å². The second-order valence-corrected chi connectivity index (χ2v) is 3.87. The van der Waals surface area contributed by atoms with Crippen molar-refractivity contribution in [2.75, 3.05) is 7.11 Å². The van der Waals surface area contributed by atoms with Crippen LogP contribution in [0.25, 0.3) is 0 Å². The quantitative estimate of drug-likeness (QED) is 0.582. The minimum Gasteiger partial charge on any atom is -0.481 e. The highest BCUT2D eigenvalue weighted by Gasteiger charge is 2.21. The number of methoxy groups -OCH3 is 1. The van der Waals surface area contributed by atoms with Gasteiger partial charge in [-0.15, -0.1) is 0 Å². The molecular weight excluding hydrogens is 208 g/mol. The summed E-state index contributed by atoms with van der Waals surface area (Å²) in [5.41, 5.74) is 0.664. The van der Waals surface area contributed by atoms with Crippen LogP contribution < -0.4 is 0 Å². The predicted octanol–water partition coefficient (Wildman–Crippen LogP) is 2.39. The van der Waals surface area contributed by atoms with Crippen LogP contribution in [0.4, 0.5) is 0 Å². The van der Waals surface area contributed by atoms with Crippen LogP contribution in [0.5, 0.6) is 0 Å². The minimum atomic E-state index is -0.833. The van der Waals surface area contributed by atoms with Crippen molar-refractivity contribution in [3.8, 4) is 0 Å². The molecule has 1 saturated carbocycles. The summed E-state index contributed by atoms with van der Waals surface area (Å²) in [4.78, 5) is 20.1. The molecule has 0 aromatic heterocycles. The Kier molecular flexibility index (Phi) is 7.25. The molecule has 1 N–H and O–H groups in total. The average molecular weight is 228 g/mol. The smallest absolute Gasteiger partial charge is 0.333 e. The van der Waals surface area contributed by atoms with E-state index in [2.05, 4.69) is 11.3 Å². The van der Waals surface area contributed by atoms with Gasteiger partial charge in [0.05, 0.1) is 7.11 Å². The molecule has 0 heterocycles. The third-order valence-electron chi connectivity index (χ3n) is 2.55. The van der Waals surface area contributed by atoms with E-state index in [-0.39, 0.29) is 5.97 Å². The van der Waals surface area contributed by atoms with Gasteiger partial charge in [-0.3, -0.25) is 4.79 Å². The molecule has 0 aromatic rings. The lowest BCUT2D eigenvalue weighted by atomic mass is 9.84. The lowest BCUT2D eigenvalue weighted by molar-refractivity contribution is -0.137. The number of esters is 1. The molecule has 0 saturated heterocycles. The van der Waals surface area contributed by atoms with Crippen LogP contribution in [0.3, 0.4) is 0 Å². The number of ether oxygens (including phenoxy) is 1. The maximum atomic E-state index is 11.1. The average Bonchev–Trinajstić information content (AvgIpc) is 2.27. The molecule has 0 radical (unpaired) electrons. The number of carboxylic acid groups (broad SMARTS) is 1. The van der Waals surface area contributed by atoms with Crippen molar-refractivity contribution in [3.63, 3.8) is 0 Å². The first-order valence-corrected chi connectivity index (χ1v) is 5.45. The summed E-state index contributed by atoms with van der Waals surface area (Å²) in [6, 6.07) is 0. The Morgan fingerprint density at radius 1 is 1.25 bits per heavy atom. The van der Waals surface area contributed by atoms with E-state index >= 15 is 0 Å². The van der Waals surface area contributed by atoms with Crippen LogP contribution >= 0.6 is 0 Å². The molecule has 0 unspecified atom stereocenters. The molecule has 1 aliphatic carbocycles. The van der Waals surface area contributed by atoms with Crippen LogP contribution in [0.15, 0.2) is 12.2 Å². The van der Waals surface area contributed by atoms with Crippen molar-refractivity contribution < 1.29 is 19.4 Å². The molecule has 0 amide bonds. The van der Waals surface area contributed by atoms with E-state index in [9.17, 15) is 4.79 Å². The first-order valence-electron chi connectivity index (χ1n) is 5.45. The molecule has 1 rings (SSSR count). The molecule has 4 heteroatoms. The van der Waals surface area contributed by atoms with E-state index < -0.39 is 5.97 Å². The fourth-order valence-corrected chi connectivity index (χ4v) is 1.75. The first-order chi connectivity index (χ1) is 7.49. The van der Waals surface area contributed by atoms with Gasteiger partial charge in [0.25, 0.3) is 5.97 Å². The fourth-order valence-electron chi connectivity index (χ4n) is 1.75. The van der Waals surface area contributed by atoms with E-state index in [1.165, 1.54) is 26.4 Å². The molecular formula is C12H20O4. The van der Waals surface area contributed by atoms with Gasteiger partial charge in [-0.05, 0) is 18.8 Å². The Labute approximate surface area is 96.3 Å². The number of hydrogen-bond donors (Lipinski definition) is 1. The second kappa shape index (κ2) is 7.91. The van der Waals surface area contributed by atoms with Gasteiger partial charge in [-0.1, -0.05) is 25.8 Å². The normalized spacial score (nSPS) is 15.6. The highest BCUT2D eigenvalue weighted by molar-refractivity contribution is 5.88. The third-order valence-corrected chi connectivity index (χ3v) is 2.55. The molecule has 92 valence electrons. The fraction of sp³-hybridized carbons (Fsp3) is 0.667. The van der Waals surface area contributed by atoms with Crippen LogP contribution in [-0.2, 0) is 14.3 Å². The van der Waals surface area contributed by atoms with E-state index in [4.69, 9.17) is 9.90 Å². The highest BCUT2D eigenvalue weighted by Crippen LogP contribution is 2.29. The lowest BCUT2D eigenvalue weighted by Gasteiger charge is -2.21. The van der Waals surface area contributed by atoms with Crippen molar-refractivity contribution in [3.05, 3.63) is 12.2 Å². The summed E-state index contributed by atoms with van der Waals surface area (Å²) in [5.74, 6) is -0.687. The standard InChI is InChI=1S/C10H16O2.C2H4O2/c1-8(10(11)12-2)9-6-4-3-5-7-9;1-2(3)4/h9H,1,3-7H2,2H3;1H3,(H,3,4). The SMILES string of the molecule is C=C(C(=O)OC)C1CCCCC1.CC(=O)O. The predicted molar refractivity (Wildman–Crippen MR) is 61.0 cm³/mol. The molecule has 0 bridgehead atoms. The van der Waals surface area contributed by atoms with Crippen molar-refractivity contribution in [1.29, 1.82) is 0 Å². The number of carbonyl (C=O) groups is 2. The van der Waals surface area contributed by atoms with Crippen LogP contribution in [-0.4, -0.2) is 24.2 Å². The Bertz CT molecular complexity index is 248. The zero-order valence-corrected chi connectivity index (χ0v) is 9.99. The topological polar surface area (TPSA) is 63.6 Å². The van der Waals surface area contributed by atoms with E-state index in [1.807, 2.05) is 0 Å². The van der Waals surface area contributed by atoms with Crippen molar-refractivity contribution >= 4 is 11.9 Å². The van der Waals surface area contributed by atoms with Crippen molar-refractivity contribution in [2.45, 2.75) is 39.0 Å². The van der Waals surface area contributed by atoms with E-state index in [0.29, 0.717) is 11.5 Å². The Hall–Kier alpha value is -1.32. The summed E-state index contributed by atoms with van der Waals surface area (Å²) in [6.07, 6.45) is 5.95. The van der Waals surface area contributed by atoms with Gasteiger partial charge in [0, 0.05) is 12.5 Å². The first kappa shape index (κ1) is 14.7. The lowest BCUT2D eigenvalue weighted by Crippen LogP contribution is -2.16. The van der Waals surface area contributed by atoms with Gasteiger partial charge >= 0.3 is 5.97 Å². The second-order valence-electron chi connectivity index (χ2n) is 3.87. The van der Waals surface area contributed by atoms with Gasteiger partial charge in [0.1, 0.15) is 0 Å². The highest BCUT2D eigenvalue weighted by atomic mass is 16.5. The zero-order chi connectivity index (χ0) is 12.6. The number of rotatable bonds is 2. The number of hydrogen-bond acceptors (Lipinski definition) is 3. The van der Waals surface area contributed by atoms with Crippen LogP contribution in [0.2, 0.25) is 0 Å². The van der Waals surface area contributed by atoms with Crippen molar-refractivity contribution in [2.24, 2.45) is 5.92 Å². The van der Waals surface area contributed by atoms with Gasteiger partial charge in [-0.2, -0.15) is 0 Å². The minimum absolute atomic E-state index is 0.234. The van der Waals surface area contributed by atoms with E-state index in [1.54, 1.807) is 0 Å². The van der Waals surface area contributed by atoms with Gasteiger partial charge in [0.15, 0.2) is 0 Å². The zero-order valence-electron chi connectivity index (χ0n) is 9.99. The number of carboxylic acids is 1. The van der Waals surface area contributed by atoms with Gasteiger partial charge in [-0.25, -0.2) is 4.79 Å². The Morgan fingerprint density at radius 2 is 1.69 bits per heavy atom. The summed E-state index contributed by atoms with van der Waals surface area (Å²) in [6.45, 7) is 4.86. The summed E-state index contributed by atoms with van der Waals surface area (Å²) in [7, 11) is 1.41. The van der Waals surface area contributed by atoms with E-state index in [0.717, 1.165) is 19.8 Å². The molecule has 1 fully saturated rings. The Morgan fingerprint density at radius 3 is 2.06 bits per heavy atom. The molecule has 0 spiro atoms. The maximum absolute atomic E-state index is 11.1. The van der Waals surface area contributed by atoms with Crippen molar-refractivity contribution in [1.82, 2.24) is 0 Å². The third kappa shape index (κ3) is 6.22. The molecule has 16 heavy (non-hydrogen) atoms. The largest absolute Gasteiger partial charge is 0.481 e. The molecule has 0 atom stereocenters. The van der Waals surface area contributed by atoms with Gasteiger partial charge in [0.2, 0.25) is 0 Å². The molecule has 0 aromatic carbocycles. The Balaban J connectivity index is 0.000000487. The molecule has 4 nitrogen and oxygen atoms in total. The molecule has 1 aliphatic rings. The number of aliphatic carboxylic acids is 1. The monoisotopic (exact) mass is 228 g/mol.